The van der Waals surface area contributed by atoms with E-state index in [-0.39, 0.29) is 11.3 Å². The van der Waals surface area contributed by atoms with Gasteiger partial charge in [-0.25, -0.2) is 4.79 Å². The lowest BCUT2D eigenvalue weighted by molar-refractivity contribution is 0.0956. The average molecular weight is 247 g/mol. The van der Waals surface area contributed by atoms with Gasteiger partial charge in [-0.3, -0.25) is 18.7 Å². The van der Waals surface area contributed by atoms with Crippen LogP contribution in [0.4, 0.5) is 0 Å². The van der Waals surface area contributed by atoms with Crippen molar-refractivity contribution in [2.45, 2.75) is 19.4 Å². The van der Waals surface area contributed by atoms with Gasteiger partial charge in [0.15, 0.2) is 5.78 Å². The summed E-state index contributed by atoms with van der Waals surface area (Å²) in [5, 5.41) is 0.435. The highest BCUT2D eigenvalue weighted by molar-refractivity contribution is 6.06. The average Bonchev–Trinajstić information content (AvgIpc) is 2.75. The second-order valence-electron chi connectivity index (χ2n) is 4.67. The smallest absolute Gasteiger partial charge is 0.331 e. The van der Waals surface area contributed by atoms with Crippen LogP contribution in [0.15, 0.2) is 15.8 Å². The number of hydrogen-bond donors (Lipinski definition) is 0. The molecule has 0 fully saturated rings. The maximum absolute atomic E-state index is 12.1. The van der Waals surface area contributed by atoms with Gasteiger partial charge in [-0.2, -0.15) is 0 Å². The van der Waals surface area contributed by atoms with E-state index in [1.54, 1.807) is 17.8 Å². The first-order chi connectivity index (χ1) is 8.52. The van der Waals surface area contributed by atoms with Crippen LogP contribution in [0.2, 0.25) is 0 Å². The van der Waals surface area contributed by atoms with Crippen LogP contribution in [0.5, 0.6) is 0 Å². The third-order valence-electron chi connectivity index (χ3n) is 3.56. The molecule has 0 N–H and O–H groups in total. The van der Waals surface area contributed by atoms with E-state index < -0.39 is 5.69 Å². The summed E-state index contributed by atoms with van der Waals surface area (Å²) in [5.41, 5.74) is 0.212. The zero-order chi connectivity index (χ0) is 13.0. The van der Waals surface area contributed by atoms with E-state index in [2.05, 4.69) is 0 Å². The number of nitrogens with zero attached hydrogens (tertiary/aromatic N) is 3. The third kappa shape index (κ3) is 1.20. The number of aromatic nitrogens is 3. The molecule has 0 radical (unpaired) electrons. The number of carbonyl (C=O) groups is 1. The van der Waals surface area contributed by atoms with E-state index in [0.717, 1.165) is 11.0 Å². The predicted octanol–water partition coefficient (Wildman–Crippen LogP) is 0.0152. The molecule has 0 aromatic carbocycles. The fourth-order valence-electron chi connectivity index (χ4n) is 2.63. The van der Waals surface area contributed by atoms with Crippen molar-refractivity contribution in [1.29, 1.82) is 0 Å². The Kier molecular flexibility index (Phi) is 2.10. The van der Waals surface area contributed by atoms with Crippen molar-refractivity contribution in [2.75, 3.05) is 0 Å². The van der Waals surface area contributed by atoms with Gasteiger partial charge in [0.1, 0.15) is 5.69 Å². The van der Waals surface area contributed by atoms with Crippen LogP contribution in [-0.4, -0.2) is 19.5 Å². The maximum Gasteiger partial charge on any atom is 0.331 e. The van der Waals surface area contributed by atoms with Crippen LogP contribution in [0.3, 0.4) is 0 Å². The van der Waals surface area contributed by atoms with Crippen molar-refractivity contribution in [2.24, 2.45) is 14.1 Å². The fraction of sp³-hybridized carbons (Fsp3) is 0.417. The second-order valence-corrected chi connectivity index (χ2v) is 4.67. The number of ketones is 1. The summed E-state index contributed by atoms with van der Waals surface area (Å²) in [7, 11) is 3.04. The highest BCUT2D eigenvalue weighted by Crippen LogP contribution is 2.23. The van der Waals surface area contributed by atoms with Gasteiger partial charge in [0.05, 0.1) is 10.9 Å². The van der Waals surface area contributed by atoms with Crippen LogP contribution in [0.1, 0.15) is 23.3 Å². The molecule has 2 aromatic heterocycles. The molecule has 0 saturated carbocycles. The molecule has 2 aromatic rings. The lowest BCUT2D eigenvalue weighted by Crippen LogP contribution is -2.36. The number of rotatable bonds is 0. The second kappa shape index (κ2) is 3.44. The van der Waals surface area contributed by atoms with E-state index in [0.29, 0.717) is 29.6 Å². The van der Waals surface area contributed by atoms with E-state index in [9.17, 15) is 14.4 Å². The lowest BCUT2D eigenvalue weighted by Gasteiger charge is -2.14. The zero-order valence-electron chi connectivity index (χ0n) is 10.3. The molecule has 3 heterocycles. The number of carbonyl (C=O) groups excluding carboxylic acids is 1. The quantitative estimate of drug-likeness (QED) is 0.659. The Morgan fingerprint density at radius 3 is 2.56 bits per heavy atom. The summed E-state index contributed by atoms with van der Waals surface area (Å²) >= 11 is 0. The first-order valence-electron chi connectivity index (χ1n) is 5.84. The molecule has 6 heteroatoms. The molecule has 6 nitrogen and oxygen atoms in total. The molecular weight excluding hydrogens is 234 g/mol. The molecule has 3 rings (SSSR count). The van der Waals surface area contributed by atoms with Gasteiger partial charge in [0.25, 0.3) is 5.56 Å². The number of fused-ring (bicyclic) bond motifs is 3. The minimum Gasteiger partial charge on any atom is -0.342 e. The molecule has 0 amide bonds. The van der Waals surface area contributed by atoms with Gasteiger partial charge in [-0.1, -0.05) is 0 Å². The Hall–Kier alpha value is -2.11. The van der Waals surface area contributed by atoms with E-state index >= 15 is 0 Å². The topological polar surface area (TPSA) is 66.0 Å². The summed E-state index contributed by atoms with van der Waals surface area (Å²) in [6.45, 7) is 0.715. The van der Waals surface area contributed by atoms with Crippen molar-refractivity contribution in [3.05, 3.63) is 32.7 Å². The molecule has 94 valence electrons. The molecule has 0 atom stereocenters. The molecule has 18 heavy (non-hydrogen) atoms. The van der Waals surface area contributed by atoms with Crippen LogP contribution in [0.25, 0.3) is 10.9 Å². The van der Waals surface area contributed by atoms with Gasteiger partial charge < -0.3 is 4.57 Å². The minimum atomic E-state index is -0.403. The first-order valence-corrected chi connectivity index (χ1v) is 5.84. The van der Waals surface area contributed by atoms with Gasteiger partial charge in [0, 0.05) is 33.3 Å². The largest absolute Gasteiger partial charge is 0.342 e. The monoisotopic (exact) mass is 247 g/mol. The summed E-state index contributed by atoms with van der Waals surface area (Å²) in [4.78, 5) is 35.9. The molecule has 0 unspecified atom stereocenters. The molecular formula is C12H13N3O3. The van der Waals surface area contributed by atoms with Crippen molar-refractivity contribution in [3.8, 4) is 0 Å². The van der Waals surface area contributed by atoms with Crippen molar-refractivity contribution >= 4 is 16.7 Å². The molecule has 1 aliphatic heterocycles. The lowest BCUT2D eigenvalue weighted by atomic mass is 10.1. The Morgan fingerprint density at radius 1 is 1.11 bits per heavy atom. The molecule has 0 bridgehead atoms. The Balaban J connectivity index is 2.60. The van der Waals surface area contributed by atoms with Gasteiger partial charge in [-0.05, 0) is 6.42 Å². The Morgan fingerprint density at radius 2 is 1.83 bits per heavy atom. The molecule has 0 spiro atoms. The van der Waals surface area contributed by atoms with Crippen LogP contribution in [-0.2, 0) is 20.6 Å². The standard InChI is InChI=1S/C12H13N3O3/c1-13-9-7(11(17)14(2)12(13)18)6-15-5-3-4-8(16)10(9)15/h6H,3-5H2,1-2H3. The maximum atomic E-state index is 12.1. The van der Waals surface area contributed by atoms with Crippen molar-refractivity contribution in [3.63, 3.8) is 0 Å². The highest BCUT2D eigenvalue weighted by atomic mass is 16.2. The number of hydrogen-bond acceptors (Lipinski definition) is 3. The highest BCUT2D eigenvalue weighted by Gasteiger charge is 2.24. The predicted molar refractivity (Wildman–Crippen MR) is 66.0 cm³/mol. The minimum absolute atomic E-state index is 0.000460. The van der Waals surface area contributed by atoms with E-state index in [1.165, 1.54) is 11.6 Å². The van der Waals surface area contributed by atoms with Gasteiger partial charge in [0.2, 0.25) is 0 Å². The van der Waals surface area contributed by atoms with Crippen LogP contribution < -0.4 is 11.2 Å². The normalized spacial score (nSPS) is 15.1. The van der Waals surface area contributed by atoms with Gasteiger partial charge in [-0.15, -0.1) is 0 Å². The first kappa shape index (κ1) is 11.0. The fourth-order valence-corrected chi connectivity index (χ4v) is 2.63. The Labute approximate surface area is 102 Å². The third-order valence-corrected chi connectivity index (χ3v) is 3.56. The molecule has 1 aliphatic rings. The summed E-state index contributed by atoms with van der Waals surface area (Å²) in [6.07, 6.45) is 2.94. The molecule has 0 saturated heterocycles. The summed E-state index contributed by atoms with van der Waals surface area (Å²) < 4.78 is 4.24. The van der Waals surface area contributed by atoms with E-state index in [4.69, 9.17) is 0 Å². The Bertz CT molecular complexity index is 791. The van der Waals surface area contributed by atoms with Crippen LogP contribution >= 0.6 is 0 Å². The molecule has 0 aliphatic carbocycles. The summed E-state index contributed by atoms with van der Waals surface area (Å²) in [6, 6.07) is 0. The number of Topliss-reactive ketones (excluding diaryl/α,β-unsaturated/α-hetero) is 1. The van der Waals surface area contributed by atoms with Gasteiger partial charge >= 0.3 is 5.69 Å². The van der Waals surface area contributed by atoms with Crippen LogP contribution in [0, 0.1) is 0 Å². The van der Waals surface area contributed by atoms with E-state index in [1.807, 2.05) is 0 Å². The SMILES string of the molecule is Cn1c(=O)c2cn3c(c2n(C)c1=O)C(=O)CCC3. The van der Waals surface area contributed by atoms with Crippen molar-refractivity contribution < 1.29 is 4.79 Å². The number of aryl methyl sites for hydroxylation is 2. The van der Waals surface area contributed by atoms with Crippen molar-refractivity contribution in [1.82, 2.24) is 13.7 Å². The summed E-state index contributed by atoms with van der Waals surface area (Å²) in [5.74, 6) is -0.000460. The zero-order valence-corrected chi connectivity index (χ0v) is 10.3.